The molecule has 1 aromatic carbocycles. The standard InChI is InChI=1S/C15H17N3OS/c16-15(20)18(13-8-10-5-6-11(13)7-10)17-9-12-3-1-2-4-14(12)19/h1-6,9-11,13,19H,7-8H2,(H2,16,20)/b17-9-. The number of thiocarbonyl (C=S) groups is 1. The van der Waals surface area contributed by atoms with E-state index >= 15 is 0 Å². The van der Waals surface area contributed by atoms with Gasteiger partial charge in [0, 0.05) is 5.56 Å². The first kappa shape index (κ1) is 13.1. The van der Waals surface area contributed by atoms with Crippen molar-refractivity contribution in [1.29, 1.82) is 0 Å². The Bertz CT molecular complexity index is 584. The van der Waals surface area contributed by atoms with Crippen LogP contribution >= 0.6 is 12.2 Å². The van der Waals surface area contributed by atoms with E-state index in [1.54, 1.807) is 29.4 Å². The predicted molar refractivity (Wildman–Crippen MR) is 83.5 cm³/mol. The average molecular weight is 287 g/mol. The SMILES string of the molecule is NC(=S)N(/N=C\c1ccccc1O)C1CC2C=CC1C2. The number of nitrogens with two attached hydrogens (primary N) is 1. The largest absolute Gasteiger partial charge is 0.507 e. The molecule has 1 saturated carbocycles. The van der Waals surface area contributed by atoms with Crippen molar-refractivity contribution in [2.75, 3.05) is 0 Å². The van der Waals surface area contributed by atoms with Gasteiger partial charge in [-0.25, -0.2) is 5.01 Å². The van der Waals surface area contributed by atoms with E-state index in [-0.39, 0.29) is 16.9 Å². The summed E-state index contributed by atoms with van der Waals surface area (Å²) in [6, 6.07) is 7.31. The number of fused-ring (bicyclic) bond motifs is 2. The zero-order chi connectivity index (χ0) is 14.1. The van der Waals surface area contributed by atoms with Crippen LogP contribution in [0.1, 0.15) is 18.4 Å². The number of para-hydroxylation sites is 1. The Morgan fingerprint density at radius 3 is 2.75 bits per heavy atom. The highest BCUT2D eigenvalue weighted by atomic mass is 32.1. The number of allylic oxidation sites excluding steroid dienone is 1. The number of benzene rings is 1. The highest BCUT2D eigenvalue weighted by molar-refractivity contribution is 7.80. The van der Waals surface area contributed by atoms with Gasteiger partial charge < -0.3 is 10.8 Å². The molecule has 3 N–H and O–H groups in total. The lowest BCUT2D eigenvalue weighted by Gasteiger charge is -2.28. The van der Waals surface area contributed by atoms with Gasteiger partial charge in [-0.05, 0) is 49.0 Å². The molecule has 0 aromatic heterocycles. The highest BCUT2D eigenvalue weighted by Crippen LogP contribution is 2.41. The number of rotatable bonds is 3. The highest BCUT2D eigenvalue weighted by Gasteiger charge is 2.39. The molecule has 1 aromatic rings. The van der Waals surface area contributed by atoms with Crippen LogP contribution in [0.2, 0.25) is 0 Å². The third-order valence-electron chi connectivity index (χ3n) is 4.04. The number of hydrazone groups is 1. The molecule has 3 rings (SSSR count). The molecule has 2 aliphatic carbocycles. The third kappa shape index (κ3) is 2.41. The number of phenols is 1. The Morgan fingerprint density at radius 2 is 2.15 bits per heavy atom. The number of nitrogens with zero attached hydrogens (tertiary/aromatic N) is 2. The number of hydrogen-bond acceptors (Lipinski definition) is 3. The summed E-state index contributed by atoms with van der Waals surface area (Å²) in [5.41, 5.74) is 6.47. The van der Waals surface area contributed by atoms with Crippen LogP contribution in [0.3, 0.4) is 0 Å². The number of hydrogen-bond donors (Lipinski definition) is 2. The van der Waals surface area contributed by atoms with Crippen molar-refractivity contribution in [3.63, 3.8) is 0 Å². The van der Waals surface area contributed by atoms with Crippen LogP contribution in [-0.4, -0.2) is 27.5 Å². The van der Waals surface area contributed by atoms with Gasteiger partial charge in [0.25, 0.3) is 0 Å². The van der Waals surface area contributed by atoms with E-state index in [0.29, 0.717) is 17.4 Å². The maximum Gasteiger partial charge on any atom is 0.187 e. The van der Waals surface area contributed by atoms with E-state index in [4.69, 9.17) is 18.0 Å². The monoisotopic (exact) mass is 287 g/mol. The van der Waals surface area contributed by atoms with Gasteiger partial charge >= 0.3 is 0 Å². The zero-order valence-corrected chi connectivity index (χ0v) is 11.8. The summed E-state index contributed by atoms with van der Waals surface area (Å²) in [5.74, 6) is 1.30. The molecule has 0 spiro atoms. The molecule has 0 radical (unpaired) electrons. The Morgan fingerprint density at radius 1 is 1.35 bits per heavy atom. The van der Waals surface area contributed by atoms with Crippen molar-refractivity contribution in [2.24, 2.45) is 22.7 Å². The second-order valence-electron chi connectivity index (χ2n) is 5.33. The van der Waals surface area contributed by atoms with E-state index in [1.165, 1.54) is 0 Å². The van der Waals surface area contributed by atoms with Gasteiger partial charge in [0.1, 0.15) is 5.75 Å². The zero-order valence-electron chi connectivity index (χ0n) is 11.0. The predicted octanol–water partition coefficient (Wildman–Crippen LogP) is 2.24. The fourth-order valence-electron chi connectivity index (χ4n) is 3.06. The summed E-state index contributed by atoms with van der Waals surface area (Å²) in [4.78, 5) is 0. The van der Waals surface area contributed by atoms with Crippen molar-refractivity contribution < 1.29 is 5.11 Å². The molecule has 1 fully saturated rings. The molecule has 0 amide bonds. The van der Waals surface area contributed by atoms with Crippen LogP contribution in [-0.2, 0) is 0 Å². The lowest BCUT2D eigenvalue weighted by atomic mass is 10.0. The number of phenolic OH excluding ortho intramolecular Hbond substituents is 1. The van der Waals surface area contributed by atoms with Crippen LogP contribution in [0.25, 0.3) is 0 Å². The lowest BCUT2D eigenvalue weighted by molar-refractivity contribution is 0.288. The fourth-order valence-corrected chi connectivity index (χ4v) is 3.24. The minimum atomic E-state index is 0.201. The quantitative estimate of drug-likeness (QED) is 0.387. The molecular formula is C15H17N3OS. The van der Waals surface area contributed by atoms with Crippen molar-refractivity contribution >= 4 is 23.5 Å². The molecule has 0 saturated heterocycles. The summed E-state index contributed by atoms with van der Waals surface area (Å²) in [6.45, 7) is 0. The van der Waals surface area contributed by atoms with Gasteiger partial charge in [0.2, 0.25) is 0 Å². The van der Waals surface area contributed by atoms with E-state index in [2.05, 4.69) is 17.3 Å². The van der Waals surface area contributed by atoms with Gasteiger partial charge in [-0.2, -0.15) is 5.10 Å². The second-order valence-corrected chi connectivity index (χ2v) is 5.75. The topological polar surface area (TPSA) is 61.8 Å². The van der Waals surface area contributed by atoms with Gasteiger partial charge in [0.05, 0.1) is 12.3 Å². The van der Waals surface area contributed by atoms with E-state index in [9.17, 15) is 5.11 Å². The lowest BCUT2D eigenvalue weighted by Crippen LogP contribution is -2.41. The minimum absolute atomic E-state index is 0.201. The maximum absolute atomic E-state index is 9.75. The number of aromatic hydroxyl groups is 1. The molecule has 2 bridgehead atoms. The van der Waals surface area contributed by atoms with Gasteiger partial charge in [-0.3, -0.25) is 0 Å². The van der Waals surface area contributed by atoms with Crippen LogP contribution in [0.4, 0.5) is 0 Å². The van der Waals surface area contributed by atoms with Crippen molar-refractivity contribution in [3.8, 4) is 5.75 Å². The Kier molecular flexibility index (Phi) is 3.44. The molecule has 5 heteroatoms. The van der Waals surface area contributed by atoms with E-state index < -0.39 is 0 Å². The molecule has 104 valence electrons. The van der Waals surface area contributed by atoms with Crippen LogP contribution < -0.4 is 5.73 Å². The molecule has 4 nitrogen and oxygen atoms in total. The molecule has 20 heavy (non-hydrogen) atoms. The second kappa shape index (κ2) is 5.25. The summed E-state index contributed by atoms with van der Waals surface area (Å²) in [6.07, 6.45) is 8.32. The van der Waals surface area contributed by atoms with Gasteiger partial charge in [-0.15, -0.1) is 0 Å². The average Bonchev–Trinajstić information content (AvgIpc) is 3.03. The van der Waals surface area contributed by atoms with Crippen LogP contribution in [0.5, 0.6) is 5.75 Å². The van der Waals surface area contributed by atoms with Crippen LogP contribution in [0, 0.1) is 11.8 Å². The molecule has 2 aliphatic rings. The molecule has 3 unspecified atom stereocenters. The molecular weight excluding hydrogens is 270 g/mol. The Hall–Kier alpha value is -1.88. The minimum Gasteiger partial charge on any atom is -0.507 e. The van der Waals surface area contributed by atoms with E-state index in [0.717, 1.165) is 12.8 Å². The Labute approximate surface area is 123 Å². The van der Waals surface area contributed by atoms with E-state index in [1.807, 2.05) is 6.07 Å². The molecule has 0 heterocycles. The third-order valence-corrected chi connectivity index (χ3v) is 4.23. The maximum atomic E-state index is 9.75. The van der Waals surface area contributed by atoms with Crippen molar-refractivity contribution in [2.45, 2.75) is 18.9 Å². The fraction of sp³-hybridized carbons (Fsp3) is 0.333. The Balaban J connectivity index is 1.80. The normalized spacial score (nSPS) is 27.3. The van der Waals surface area contributed by atoms with Crippen molar-refractivity contribution in [1.82, 2.24) is 5.01 Å². The summed E-state index contributed by atoms with van der Waals surface area (Å²) in [5, 5.41) is 16.1. The molecule has 3 atom stereocenters. The smallest absolute Gasteiger partial charge is 0.187 e. The first-order valence-corrected chi connectivity index (χ1v) is 7.15. The summed E-state index contributed by atoms with van der Waals surface area (Å²) in [7, 11) is 0. The van der Waals surface area contributed by atoms with Crippen LogP contribution in [0.15, 0.2) is 41.5 Å². The summed E-state index contributed by atoms with van der Waals surface area (Å²) < 4.78 is 0. The van der Waals surface area contributed by atoms with Crippen molar-refractivity contribution in [3.05, 3.63) is 42.0 Å². The molecule has 0 aliphatic heterocycles. The van der Waals surface area contributed by atoms with Gasteiger partial charge in [-0.1, -0.05) is 24.3 Å². The first-order valence-electron chi connectivity index (χ1n) is 6.74. The summed E-state index contributed by atoms with van der Waals surface area (Å²) >= 11 is 5.12. The van der Waals surface area contributed by atoms with Gasteiger partial charge in [0.15, 0.2) is 5.11 Å². The first-order chi connectivity index (χ1) is 9.65.